The summed E-state index contributed by atoms with van der Waals surface area (Å²) in [6.45, 7) is 6.18. The molecular formula is C22H27NO3S. The first kappa shape index (κ1) is 19.6. The van der Waals surface area contributed by atoms with Crippen LogP contribution in [0.1, 0.15) is 43.0 Å². The van der Waals surface area contributed by atoms with Gasteiger partial charge < -0.3 is 14.8 Å². The Kier molecular flexibility index (Phi) is 6.00. The third-order valence-electron chi connectivity index (χ3n) is 4.62. The van der Waals surface area contributed by atoms with E-state index in [1.807, 2.05) is 30.3 Å². The molecule has 0 aromatic heterocycles. The molecule has 1 atom stereocenters. The zero-order valence-corrected chi connectivity index (χ0v) is 17.2. The molecule has 0 spiro atoms. The largest absolute Gasteiger partial charge is 0.497 e. The number of nitrogens with one attached hydrogen (secondary N) is 1. The second-order valence-electron chi connectivity index (χ2n) is 7.57. The molecular weight excluding hydrogens is 358 g/mol. The number of amides is 1. The quantitative estimate of drug-likeness (QED) is 0.786. The number of hydrogen-bond acceptors (Lipinski definition) is 4. The highest BCUT2D eigenvalue weighted by Crippen LogP contribution is 2.39. The minimum Gasteiger partial charge on any atom is -0.497 e. The lowest BCUT2D eigenvalue weighted by molar-refractivity contribution is -0.119. The van der Waals surface area contributed by atoms with E-state index in [2.05, 4.69) is 38.2 Å². The van der Waals surface area contributed by atoms with Crippen LogP contribution in [0.4, 0.5) is 0 Å². The standard InChI is InChI=1S/C22H27NO3S/c1-15-5-10-18-19(12-22(2,3)26-20(18)11-15)23-21(24)14-27-13-16-6-8-17(25-4)9-7-16/h5-11,19H,12-14H2,1-4H3,(H,23,24). The molecule has 0 saturated heterocycles. The number of benzene rings is 2. The minimum absolute atomic E-state index is 0.0153. The number of methoxy groups -OCH3 is 1. The molecule has 5 heteroatoms. The van der Waals surface area contributed by atoms with Crippen LogP contribution < -0.4 is 14.8 Å². The van der Waals surface area contributed by atoms with Crippen molar-refractivity contribution in [1.82, 2.24) is 5.32 Å². The predicted molar refractivity (Wildman–Crippen MR) is 111 cm³/mol. The maximum absolute atomic E-state index is 12.5. The highest BCUT2D eigenvalue weighted by atomic mass is 32.2. The Balaban J connectivity index is 1.57. The molecule has 1 aliphatic rings. The summed E-state index contributed by atoms with van der Waals surface area (Å²) in [6.07, 6.45) is 0.762. The van der Waals surface area contributed by atoms with Gasteiger partial charge in [-0.1, -0.05) is 24.3 Å². The molecule has 0 radical (unpaired) electrons. The molecule has 4 nitrogen and oxygen atoms in total. The summed E-state index contributed by atoms with van der Waals surface area (Å²) in [5.41, 5.74) is 3.11. The number of aryl methyl sites for hydroxylation is 1. The van der Waals surface area contributed by atoms with Crippen LogP contribution in [0.25, 0.3) is 0 Å². The Hall–Kier alpha value is -2.14. The van der Waals surface area contributed by atoms with Gasteiger partial charge in [0, 0.05) is 17.7 Å². The smallest absolute Gasteiger partial charge is 0.230 e. The molecule has 2 aromatic rings. The fourth-order valence-electron chi connectivity index (χ4n) is 3.31. The molecule has 1 heterocycles. The van der Waals surface area contributed by atoms with Gasteiger partial charge in [-0.15, -0.1) is 11.8 Å². The zero-order chi connectivity index (χ0) is 19.4. The molecule has 1 aliphatic heterocycles. The summed E-state index contributed by atoms with van der Waals surface area (Å²) >= 11 is 1.62. The molecule has 27 heavy (non-hydrogen) atoms. The number of fused-ring (bicyclic) bond motifs is 1. The van der Waals surface area contributed by atoms with Gasteiger partial charge in [0.25, 0.3) is 0 Å². The molecule has 3 rings (SSSR count). The fourth-order valence-corrected chi connectivity index (χ4v) is 4.11. The molecule has 1 unspecified atom stereocenters. The first-order valence-electron chi connectivity index (χ1n) is 9.16. The van der Waals surface area contributed by atoms with E-state index in [0.717, 1.165) is 34.8 Å². The second kappa shape index (κ2) is 8.26. The molecule has 0 aliphatic carbocycles. The van der Waals surface area contributed by atoms with Crippen LogP contribution >= 0.6 is 11.8 Å². The fraction of sp³-hybridized carbons (Fsp3) is 0.409. The van der Waals surface area contributed by atoms with Gasteiger partial charge >= 0.3 is 0 Å². The van der Waals surface area contributed by atoms with Crippen molar-refractivity contribution < 1.29 is 14.3 Å². The van der Waals surface area contributed by atoms with Crippen molar-refractivity contribution in [3.8, 4) is 11.5 Å². The van der Waals surface area contributed by atoms with Gasteiger partial charge in [-0.25, -0.2) is 0 Å². The van der Waals surface area contributed by atoms with Gasteiger partial charge in [-0.2, -0.15) is 0 Å². The Morgan fingerprint density at radius 2 is 2.00 bits per heavy atom. The molecule has 1 N–H and O–H groups in total. The third kappa shape index (κ3) is 5.19. The number of carbonyl (C=O) groups excluding carboxylic acids is 1. The van der Waals surface area contributed by atoms with Crippen LogP contribution in [-0.2, 0) is 10.5 Å². The van der Waals surface area contributed by atoms with E-state index in [0.29, 0.717) is 5.75 Å². The van der Waals surface area contributed by atoms with Crippen molar-refractivity contribution in [3.05, 3.63) is 59.2 Å². The number of thioether (sulfide) groups is 1. The topological polar surface area (TPSA) is 47.6 Å². The van der Waals surface area contributed by atoms with E-state index in [9.17, 15) is 4.79 Å². The summed E-state index contributed by atoms with van der Waals surface area (Å²) in [6, 6.07) is 14.1. The Morgan fingerprint density at radius 1 is 1.26 bits per heavy atom. The minimum atomic E-state index is -0.297. The van der Waals surface area contributed by atoms with Crippen LogP contribution in [0.5, 0.6) is 11.5 Å². The Labute approximate surface area is 165 Å². The van der Waals surface area contributed by atoms with E-state index >= 15 is 0 Å². The summed E-state index contributed by atoms with van der Waals surface area (Å²) in [5, 5.41) is 3.19. The molecule has 0 fully saturated rings. The van der Waals surface area contributed by atoms with E-state index < -0.39 is 0 Å². The van der Waals surface area contributed by atoms with Crippen molar-refractivity contribution in [2.24, 2.45) is 0 Å². The number of rotatable bonds is 6. The van der Waals surface area contributed by atoms with Crippen molar-refractivity contribution in [1.29, 1.82) is 0 Å². The van der Waals surface area contributed by atoms with Gasteiger partial charge in [0.2, 0.25) is 5.91 Å². The molecule has 144 valence electrons. The highest BCUT2D eigenvalue weighted by molar-refractivity contribution is 7.99. The van der Waals surface area contributed by atoms with Gasteiger partial charge in [0.15, 0.2) is 0 Å². The lowest BCUT2D eigenvalue weighted by Gasteiger charge is -2.38. The Morgan fingerprint density at radius 3 is 2.70 bits per heavy atom. The maximum atomic E-state index is 12.5. The average Bonchev–Trinajstić information content (AvgIpc) is 2.61. The van der Waals surface area contributed by atoms with E-state index in [1.54, 1.807) is 18.9 Å². The number of ether oxygens (including phenoxy) is 2. The van der Waals surface area contributed by atoms with Crippen molar-refractivity contribution in [2.45, 2.75) is 44.6 Å². The second-order valence-corrected chi connectivity index (χ2v) is 8.55. The molecule has 1 amide bonds. The van der Waals surface area contributed by atoms with E-state index in [1.165, 1.54) is 5.56 Å². The predicted octanol–water partition coefficient (Wildman–Crippen LogP) is 4.66. The normalized spacial score (nSPS) is 17.6. The summed E-state index contributed by atoms with van der Waals surface area (Å²) in [4.78, 5) is 12.5. The number of carbonyl (C=O) groups is 1. The third-order valence-corrected chi connectivity index (χ3v) is 5.63. The van der Waals surface area contributed by atoms with Crippen LogP contribution in [0.15, 0.2) is 42.5 Å². The van der Waals surface area contributed by atoms with Crippen LogP contribution in [0.3, 0.4) is 0 Å². The van der Waals surface area contributed by atoms with Gasteiger partial charge in [0.05, 0.1) is 18.9 Å². The van der Waals surface area contributed by atoms with Crippen molar-refractivity contribution in [3.63, 3.8) is 0 Å². The lowest BCUT2D eigenvalue weighted by Crippen LogP contribution is -2.41. The average molecular weight is 386 g/mol. The van der Waals surface area contributed by atoms with Gasteiger partial charge in [0.1, 0.15) is 17.1 Å². The molecule has 2 aromatic carbocycles. The maximum Gasteiger partial charge on any atom is 0.230 e. The highest BCUT2D eigenvalue weighted by Gasteiger charge is 2.34. The lowest BCUT2D eigenvalue weighted by atomic mass is 9.89. The van der Waals surface area contributed by atoms with Crippen molar-refractivity contribution >= 4 is 17.7 Å². The molecule has 0 saturated carbocycles. The van der Waals surface area contributed by atoms with E-state index in [4.69, 9.17) is 9.47 Å². The zero-order valence-electron chi connectivity index (χ0n) is 16.4. The van der Waals surface area contributed by atoms with Gasteiger partial charge in [-0.3, -0.25) is 4.79 Å². The SMILES string of the molecule is COc1ccc(CSCC(=O)NC2CC(C)(C)Oc3cc(C)ccc32)cc1. The van der Waals surface area contributed by atoms with Gasteiger partial charge in [-0.05, 0) is 50.1 Å². The first-order chi connectivity index (χ1) is 12.9. The van der Waals surface area contributed by atoms with E-state index in [-0.39, 0.29) is 17.6 Å². The summed E-state index contributed by atoms with van der Waals surface area (Å²) in [5.74, 6) is 3.01. The first-order valence-corrected chi connectivity index (χ1v) is 10.3. The summed E-state index contributed by atoms with van der Waals surface area (Å²) in [7, 11) is 1.66. The molecule has 0 bridgehead atoms. The van der Waals surface area contributed by atoms with Crippen LogP contribution in [0.2, 0.25) is 0 Å². The van der Waals surface area contributed by atoms with Crippen LogP contribution in [0, 0.1) is 6.92 Å². The van der Waals surface area contributed by atoms with Crippen molar-refractivity contribution in [2.75, 3.05) is 12.9 Å². The Bertz CT molecular complexity index is 802. The summed E-state index contributed by atoms with van der Waals surface area (Å²) < 4.78 is 11.3. The number of hydrogen-bond donors (Lipinski definition) is 1. The van der Waals surface area contributed by atoms with Crippen LogP contribution in [-0.4, -0.2) is 24.4 Å². The monoisotopic (exact) mass is 385 g/mol.